The molecule has 0 aromatic heterocycles. The maximum atomic E-state index is 10.9. The number of ether oxygens (including phenoxy) is 2. The largest absolute Gasteiger partial charge is 0.477 e. The van der Waals surface area contributed by atoms with Gasteiger partial charge in [-0.3, -0.25) is 0 Å². The van der Waals surface area contributed by atoms with Gasteiger partial charge in [-0.2, -0.15) is 0 Å². The van der Waals surface area contributed by atoms with Crippen molar-refractivity contribution in [3.63, 3.8) is 0 Å². The Morgan fingerprint density at radius 3 is 2.53 bits per heavy atom. The van der Waals surface area contributed by atoms with E-state index in [-0.39, 0.29) is 0 Å². The van der Waals surface area contributed by atoms with Gasteiger partial charge in [0.25, 0.3) is 5.79 Å². The molecule has 0 amide bonds. The lowest BCUT2D eigenvalue weighted by Crippen LogP contribution is -2.63. The number of rotatable bonds is 5. The molecule has 1 rings (SSSR count). The highest BCUT2D eigenvalue weighted by atomic mass is 16.7. The molecule has 9 heteroatoms. The van der Waals surface area contributed by atoms with Gasteiger partial charge in [0, 0.05) is 13.5 Å². The SMILES string of the molecule is CO[C@H]1CC(O)(C(=O)O)O[C@@H]([C@H](O)[C@H](O)CO)[C@@H]1O. The maximum absolute atomic E-state index is 10.9. The molecule has 19 heavy (non-hydrogen) atoms. The third kappa shape index (κ3) is 3.20. The van der Waals surface area contributed by atoms with Gasteiger partial charge in [-0.25, -0.2) is 4.79 Å². The summed E-state index contributed by atoms with van der Waals surface area (Å²) >= 11 is 0. The Bertz CT molecular complexity index is 318. The highest BCUT2D eigenvalue weighted by Crippen LogP contribution is 2.31. The van der Waals surface area contributed by atoms with Gasteiger partial charge in [0.1, 0.15) is 24.4 Å². The fraction of sp³-hybridized carbons (Fsp3) is 0.900. The summed E-state index contributed by atoms with van der Waals surface area (Å²) in [6.07, 6.45) is -8.20. The van der Waals surface area contributed by atoms with E-state index < -0.39 is 55.3 Å². The van der Waals surface area contributed by atoms with Crippen molar-refractivity contribution >= 4 is 5.97 Å². The number of aliphatic hydroxyl groups excluding tert-OH is 4. The van der Waals surface area contributed by atoms with Crippen molar-refractivity contribution < 1.29 is 44.9 Å². The summed E-state index contributed by atoms with van der Waals surface area (Å²) < 4.78 is 9.60. The number of aliphatic carboxylic acids is 1. The molecule has 0 radical (unpaired) electrons. The Balaban J connectivity index is 2.98. The van der Waals surface area contributed by atoms with Gasteiger partial charge in [-0.05, 0) is 0 Å². The first-order valence-electron chi connectivity index (χ1n) is 5.58. The van der Waals surface area contributed by atoms with E-state index in [0.29, 0.717) is 0 Å². The van der Waals surface area contributed by atoms with Gasteiger partial charge in [-0.15, -0.1) is 0 Å². The molecule has 0 saturated carbocycles. The van der Waals surface area contributed by atoms with Crippen LogP contribution in [-0.4, -0.2) is 86.6 Å². The van der Waals surface area contributed by atoms with Gasteiger partial charge in [0.05, 0.1) is 12.7 Å². The fourth-order valence-corrected chi connectivity index (χ4v) is 1.91. The summed E-state index contributed by atoms with van der Waals surface area (Å²) in [6, 6.07) is 0. The molecular formula is C10H18O9. The van der Waals surface area contributed by atoms with Crippen LogP contribution < -0.4 is 0 Å². The number of hydrogen-bond donors (Lipinski definition) is 6. The maximum Gasteiger partial charge on any atom is 0.364 e. The molecule has 9 nitrogen and oxygen atoms in total. The number of carboxylic acid groups (broad SMARTS) is 1. The minimum Gasteiger partial charge on any atom is -0.477 e. The molecule has 1 heterocycles. The second-order valence-corrected chi connectivity index (χ2v) is 4.38. The Kier molecular flexibility index (Phi) is 5.21. The standard InChI is InChI=1S/C10H18O9/c1-18-5-2-10(17,9(15)16)19-8(7(5)14)6(13)4(12)3-11/h4-8,11-14,17H,2-3H2,1H3,(H,15,16)/t4-,5+,6-,7-,8+,10?/m1/s1. The van der Waals surface area contributed by atoms with Gasteiger partial charge < -0.3 is 40.1 Å². The van der Waals surface area contributed by atoms with Crippen molar-refractivity contribution in [2.45, 2.75) is 42.7 Å². The summed E-state index contributed by atoms with van der Waals surface area (Å²) in [5, 5.41) is 56.2. The zero-order chi connectivity index (χ0) is 14.8. The summed E-state index contributed by atoms with van der Waals surface area (Å²) in [4.78, 5) is 10.9. The summed E-state index contributed by atoms with van der Waals surface area (Å²) in [7, 11) is 1.19. The molecule has 0 aromatic carbocycles. The zero-order valence-electron chi connectivity index (χ0n) is 10.2. The van der Waals surface area contributed by atoms with Crippen molar-refractivity contribution in [1.29, 1.82) is 0 Å². The molecule has 1 fully saturated rings. The molecule has 6 N–H and O–H groups in total. The molecule has 0 bridgehead atoms. The quantitative estimate of drug-likeness (QED) is 0.303. The van der Waals surface area contributed by atoms with Crippen LogP contribution in [0.15, 0.2) is 0 Å². The number of aliphatic hydroxyl groups is 5. The normalized spacial score (nSPS) is 38.7. The first-order chi connectivity index (χ1) is 8.76. The van der Waals surface area contributed by atoms with E-state index in [1.54, 1.807) is 0 Å². The molecule has 1 saturated heterocycles. The van der Waals surface area contributed by atoms with Crippen LogP contribution in [0.3, 0.4) is 0 Å². The van der Waals surface area contributed by atoms with E-state index in [0.717, 1.165) is 0 Å². The topological polar surface area (TPSA) is 157 Å². The highest BCUT2D eigenvalue weighted by Gasteiger charge is 2.53. The van der Waals surface area contributed by atoms with E-state index >= 15 is 0 Å². The van der Waals surface area contributed by atoms with Crippen LogP contribution >= 0.6 is 0 Å². The Morgan fingerprint density at radius 1 is 1.53 bits per heavy atom. The fourth-order valence-electron chi connectivity index (χ4n) is 1.91. The molecule has 0 spiro atoms. The molecule has 1 aliphatic rings. The van der Waals surface area contributed by atoms with Crippen LogP contribution in [0.25, 0.3) is 0 Å². The highest BCUT2D eigenvalue weighted by molar-refractivity contribution is 5.75. The van der Waals surface area contributed by atoms with E-state index in [9.17, 15) is 25.2 Å². The third-order valence-corrected chi connectivity index (χ3v) is 3.08. The minimum atomic E-state index is -2.65. The molecular weight excluding hydrogens is 264 g/mol. The van der Waals surface area contributed by atoms with Crippen molar-refractivity contribution in [2.24, 2.45) is 0 Å². The monoisotopic (exact) mass is 282 g/mol. The van der Waals surface area contributed by atoms with Gasteiger partial charge in [0.2, 0.25) is 0 Å². The van der Waals surface area contributed by atoms with Crippen LogP contribution in [0.4, 0.5) is 0 Å². The second-order valence-electron chi connectivity index (χ2n) is 4.38. The summed E-state index contributed by atoms with van der Waals surface area (Å²) in [6.45, 7) is -0.823. The number of carbonyl (C=O) groups is 1. The smallest absolute Gasteiger partial charge is 0.364 e. The van der Waals surface area contributed by atoms with Crippen molar-refractivity contribution in [2.75, 3.05) is 13.7 Å². The third-order valence-electron chi connectivity index (χ3n) is 3.08. The van der Waals surface area contributed by atoms with Crippen LogP contribution in [0.1, 0.15) is 6.42 Å². The van der Waals surface area contributed by atoms with Crippen LogP contribution in [0.2, 0.25) is 0 Å². The van der Waals surface area contributed by atoms with Crippen molar-refractivity contribution in [3.05, 3.63) is 0 Å². The Hall–Kier alpha value is -0.810. The number of hydrogen-bond acceptors (Lipinski definition) is 8. The zero-order valence-corrected chi connectivity index (χ0v) is 10.2. The first-order valence-corrected chi connectivity index (χ1v) is 5.58. The Labute approximate surface area is 108 Å². The van der Waals surface area contributed by atoms with Gasteiger partial charge in [0.15, 0.2) is 0 Å². The van der Waals surface area contributed by atoms with Gasteiger partial charge >= 0.3 is 5.97 Å². The van der Waals surface area contributed by atoms with Crippen molar-refractivity contribution in [3.8, 4) is 0 Å². The average molecular weight is 282 g/mol. The van der Waals surface area contributed by atoms with E-state index in [1.165, 1.54) is 7.11 Å². The van der Waals surface area contributed by atoms with Crippen molar-refractivity contribution in [1.82, 2.24) is 0 Å². The molecule has 0 aliphatic carbocycles. The summed E-state index contributed by atoms with van der Waals surface area (Å²) in [5.41, 5.74) is 0. The molecule has 112 valence electrons. The van der Waals surface area contributed by atoms with E-state index in [4.69, 9.17) is 19.7 Å². The summed E-state index contributed by atoms with van der Waals surface area (Å²) in [5.74, 6) is -4.36. The van der Waals surface area contributed by atoms with E-state index in [2.05, 4.69) is 0 Å². The van der Waals surface area contributed by atoms with Crippen LogP contribution in [0, 0.1) is 0 Å². The minimum absolute atomic E-state index is 0.543. The van der Waals surface area contributed by atoms with Crippen LogP contribution in [0.5, 0.6) is 0 Å². The van der Waals surface area contributed by atoms with E-state index in [1.807, 2.05) is 0 Å². The number of carboxylic acids is 1. The van der Waals surface area contributed by atoms with Gasteiger partial charge in [-0.1, -0.05) is 0 Å². The molecule has 6 atom stereocenters. The molecule has 1 aliphatic heterocycles. The second kappa shape index (κ2) is 6.09. The predicted molar refractivity (Wildman–Crippen MR) is 58.0 cm³/mol. The lowest BCUT2D eigenvalue weighted by molar-refractivity contribution is -0.315. The molecule has 0 aromatic rings. The number of methoxy groups -OCH3 is 1. The predicted octanol–water partition coefficient (Wildman–Crippen LogP) is -3.36. The first kappa shape index (κ1) is 16.2. The Morgan fingerprint density at radius 2 is 2.11 bits per heavy atom. The lowest BCUT2D eigenvalue weighted by atomic mass is 9.91. The molecule has 1 unspecified atom stereocenters. The average Bonchev–Trinajstić information content (AvgIpc) is 2.39. The lowest BCUT2D eigenvalue weighted by Gasteiger charge is -2.43. The van der Waals surface area contributed by atoms with Crippen LogP contribution in [-0.2, 0) is 14.3 Å².